The van der Waals surface area contributed by atoms with Crippen molar-refractivity contribution in [3.05, 3.63) is 0 Å². The van der Waals surface area contributed by atoms with Crippen LogP contribution < -0.4 is 0 Å². The van der Waals surface area contributed by atoms with Gasteiger partial charge in [0.1, 0.15) is 0 Å². The van der Waals surface area contributed by atoms with Crippen LogP contribution in [0.2, 0.25) is 0 Å². The second-order valence-electron chi connectivity index (χ2n) is 6.09. The smallest absolute Gasteiger partial charge is 0.0112 e. The first-order valence-electron chi connectivity index (χ1n) is 7.07. The van der Waals surface area contributed by atoms with Crippen LogP contribution in [0, 0.1) is 36.0 Å². The highest BCUT2D eigenvalue weighted by atomic mass is 14.3. The summed E-state index contributed by atoms with van der Waals surface area (Å²) >= 11 is 0. The van der Waals surface area contributed by atoms with Gasteiger partial charge in [-0.3, -0.25) is 0 Å². The molecule has 0 N–H and O–H groups in total. The molecule has 1 fully saturated rings. The van der Waals surface area contributed by atoms with E-state index < -0.39 is 0 Å². The Bertz CT molecular complexity index is 215. The highest BCUT2D eigenvalue weighted by molar-refractivity contribution is 4.85. The zero-order chi connectivity index (χ0) is 12.0. The summed E-state index contributed by atoms with van der Waals surface area (Å²) in [6.07, 6.45) is 14.8. The molecule has 0 aromatic heterocycles. The van der Waals surface area contributed by atoms with Crippen molar-refractivity contribution in [1.82, 2.24) is 0 Å². The van der Waals surface area contributed by atoms with Gasteiger partial charge >= 0.3 is 0 Å². The van der Waals surface area contributed by atoms with Gasteiger partial charge in [-0.2, -0.15) is 0 Å². The maximum atomic E-state index is 5.34. The molecular formula is C16H28. The van der Waals surface area contributed by atoms with Crippen molar-refractivity contribution in [1.29, 1.82) is 0 Å². The highest BCUT2D eigenvalue weighted by Crippen LogP contribution is 2.35. The molecule has 0 heterocycles. The van der Waals surface area contributed by atoms with Gasteiger partial charge in [-0.25, -0.2) is 0 Å². The van der Waals surface area contributed by atoms with E-state index in [0.29, 0.717) is 0 Å². The van der Waals surface area contributed by atoms with Crippen molar-refractivity contribution in [2.24, 2.45) is 23.7 Å². The first-order valence-corrected chi connectivity index (χ1v) is 7.07. The summed E-state index contributed by atoms with van der Waals surface area (Å²) < 4.78 is 0. The molecule has 0 amide bonds. The normalized spacial score (nSPS) is 29.4. The predicted octanol–water partition coefficient (Wildman–Crippen LogP) is 4.89. The van der Waals surface area contributed by atoms with Crippen molar-refractivity contribution in [2.45, 2.75) is 65.7 Å². The van der Waals surface area contributed by atoms with Crippen LogP contribution in [0.5, 0.6) is 0 Å². The molecule has 1 rings (SSSR count). The van der Waals surface area contributed by atoms with Crippen molar-refractivity contribution in [3.63, 3.8) is 0 Å². The lowest BCUT2D eigenvalue weighted by molar-refractivity contribution is 0.208. The van der Waals surface area contributed by atoms with E-state index in [9.17, 15) is 0 Å². The molecule has 0 aromatic rings. The third-order valence-corrected chi connectivity index (χ3v) is 4.45. The Hall–Kier alpha value is -0.440. The fraction of sp³-hybridized carbons (Fsp3) is 0.875. The summed E-state index contributed by atoms with van der Waals surface area (Å²) in [5, 5.41) is 0. The third-order valence-electron chi connectivity index (χ3n) is 4.45. The average molecular weight is 220 g/mol. The molecule has 0 aliphatic heterocycles. The number of terminal acetylenes is 1. The summed E-state index contributed by atoms with van der Waals surface area (Å²) in [7, 11) is 0. The van der Waals surface area contributed by atoms with Gasteiger partial charge in [0.25, 0.3) is 0 Å². The van der Waals surface area contributed by atoms with Crippen LogP contribution in [0.15, 0.2) is 0 Å². The van der Waals surface area contributed by atoms with Crippen LogP contribution in [0.1, 0.15) is 65.7 Å². The fourth-order valence-corrected chi connectivity index (χ4v) is 2.94. The lowest BCUT2D eigenvalue weighted by Crippen LogP contribution is -2.19. The molecule has 0 saturated heterocycles. The van der Waals surface area contributed by atoms with Crippen LogP contribution in [0.3, 0.4) is 0 Å². The number of hydrogen-bond donors (Lipinski definition) is 0. The molecule has 1 saturated carbocycles. The van der Waals surface area contributed by atoms with Crippen LogP contribution >= 0.6 is 0 Å². The average Bonchev–Trinajstić information content (AvgIpc) is 2.27. The molecule has 1 aliphatic carbocycles. The van der Waals surface area contributed by atoms with Crippen LogP contribution in [-0.2, 0) is 0 Å². The maximum Gasteiger partial charge on any atom is 0.0112 e. The van der Waals surface area contributed by atoms with E-state index in [1.165, 1.54) is 38.5 Å². The van der Waals surface area contributed by atoms with E-state index in [1.54, 1.807) is 0 Å². The van der Waals surface area contributed by atoms with Gasteiger partial charge in [-0.1, -0.05) is 40.0 Å². The molecule has 1 aliphatic rings. The molecule has 0 spiro atoms. The van der Waals surface area contributed by atoms with Crippen LogP contribution in [0.25, 0.3) is 0 Å². The summed E-state index contributed by atoms with van der Waals surface area (Å²) in [6.45, 7) is 7.13. The molecule has 2 atom stereocenters. The van der Waals surface area contributed by atoms with Gasteiger partial charge in [0.05, 0.1) is 0 Å². The fourth-order valence-electron chi connectivity index (χ4n) is 2.94. The number of rotatable bonds is 5. The summed E-state index contributed by atoms with van der Waals surface area (Å²) in [5.74, 6) is 6.37. The van der Waals surface area contributed by atoms with Crippen LogP contribution in [-0.4, -0.2) is 0 Å². The Morgan fingerprint density at radius 2 is 1.75 bits per heavy atom. The van der Waals surface area contributed by atoms with Crippen molar-refractivity contribution in [3.8, 4) is 12.3 Å². The van der Waals surface area contributed by atoms with Crippen molar-refractivity contribution in [2.75, 3.05) is 0 Å². The molecule has 16 heavy (non-hydrogen) atoms. The lowest BCUT2D eigenvalue weighted by Gasteiger charge is -2.31. The Kier molecular flexibility index (Phi) is 5.96. The van der Waals surface area contributed by atoms with Gasteiger partial charge < -0.3 is 0 Å². The molecule has 0 aromatic carbocycles. The Morgan fingerprint density at radius 1 is 1.12 bits per heavy atom. The first-order chi connectivity index (χ1) is 7.63. The Balaban J connectivity index is 2.19. The van der Waals surface area contributed by atoms with Crippen molar-refractivity contribution >= 4 is 0 Å². The topological polar surface area (TPSA) is 0 Å². The zero-order valence-corrected chi connectivity index (χ0v) is 11.3. The van der Waals surface area contributed by atoms with E-state index in [-0.39, 0.29) is 0 Å². The largest absolute Gasteiger partial charge is 0.120 e. The molecule has 0 radical (unpaired) electrons. The molecule has 0 heteroatoms. The zero-order valence-electron chi connectivity index (χ0n) is 11.3. The van der Waals surface area contributed by atoms with Gasteiger partial charge in [0.2, 0.25) is 0 Å². The van der Waals surface area contributed by atoms with E-state index >= 15 is 0 Å². The lowest BCUT2D eigenvalue weighted by atomic mass is 9.75. The minimum Gasteiger partial charge on any atom is -0.120 e. The van der Waals surface area contributed by atoms with Crippen LogP contribution in [0.4, 0.5) is 0 Å². The highest BCUT2D eigenvalue weighted by Gasteiger charge is 2.23. The maximum absolute atomic E-state index is 5.34. The molecule has 0 nitrogen and oxygen atoms in total. The Labute approximate surface area is 102 Å². The number of hydrogen-bond acceptors (Lipinski definition) is 0. The monoisotopic (exact) mass is 220 g/mol. The van der Waals surface area contributed by atoms with Gasteiger partial charge in [0, 0.05) is 6.42 Å². The Morgan fingerprint density at radius 3 is 2.31 bits per heavy atom. The first kappa shape index (κ1) is 13.6. The minimum absolute atomic E-state index is 0.718. The van der Waals surface area contributed by atoms with Crippen molar-refractivity contribution < 1.29 is 0 Å². The molecule has 92 valence electrons. The molecule has 2 unspecified atom stereocenters. The SMILES string of the molecule is C#CCC(C)CCC(C)C1CCC(C)CC1. The third kappa shape index (κ3) is 4.60. The van der Waals surface area contributed by atoms with Gasteiger partial charge in [0.15, 0.2) is 0 Å². The standard InChI is InChI=1S/C16H28/c1-5-6-13(2)7-10-15(4)16-11-8-14(3)9-12-16/h1,13-16H,6-12H2,2-4H3. The summed E-state index contributed by atoms with van der Waals surface area (Å²) in [4.78, 5) is 0. The minimum atomic E-state index is 0.718. The van der Waals surface area contributed by atoms with E-state index in [4.69, 9.17) is 6.42 Å². The van der Waals surface area contributed by atoms with Gasteiger partial charge in [-0.05, 0) is 42.9 Å². The predicted molar refractivity (Wildman–Crippen MR) is 72.1 cm³/mol. The summed E-state index contributed by atoms with van der Waals surface area (Å²) in [5.41, 5.74) is 0. The molecule has 0 bridgehead atoms. The quantitative estimate of drug-likeness (QED) is 0.579. The molecular weight excluding hydrogens is 192 g/mol. The van der Waals surface area contributed by atoms with Gasteiger partial charge in [-0.15, -0.1) is 12.3 Å². The van der Waals surface area contributed by atoms with E-state index in [1.807, 2.05) is 0 Å². The second-order valence-corrected chi connectivity index (χ2v) is 6.09. The van der Waals surface area contributed by atoms with E-state index in [2.05, 4.69) is 26.7 Å². The second kappa shape index (κ2) is 7.00. The summed E-state index contributed by atoms with van der Waals surface area (Å²) in [6, 6.07) is 0. The van der Waals surface area contributed by atoms with E-state index in [0.717, 1.165) is 30.1 Å².